The van der Waals surface area contributed by atoms with Crippen molar-refractivity contribution in [2.24, 2.45) is 0 Å². The first-order chi connectivity index (χ1) is 12.2. The number of aromatic amines is 1. The zero-order chi connectivity index (χ0) is 17.4. The highest BCUT2D eigenvalue weighted by atomic mass is 32.1. The van der Waals surface area contributed by atoms with E-state index in [-0.39, 0.29) is 5.56 Å². The smallest absolute Gasteiger partial charge is 0.252 e. The van der Waals surface area contributed by atoms with Crippen LogP contribution in [0.3, 0.4) is 0 Å². The van der Waals surface area contributed by atoms with Crippen LogP contribution in [-0.2, 0) is 0 Å². The zero-order valence-corrected chi connectivity index (χ0v) is 15.0. The van der Waals surface area contributed by atoms with Gasteiger partial charge in [0.15, 0.2) is 5.13 Å². The minimum absolute atomic E-state index is 0.124. The van der Waals surface area contributed by atoms with Crippen LogP contribution in [0.2, 0.25) is 0 Å². The summed E-state index contributed by atoms with van der Waals surface area (Å²) in [6, 6.07) is 5.58. The van der Waals surface area contributed by atoms with Crippen LogP contribution in [0.4, 0.5) is 10.9 Å². The molecule has 1 aromatic carbocycles. The summed E-state index contributed by atoms with van der Waals surface area (Å²) in [4.78, 5) is 27.5. The van der Waals surface area contributed by atoms with Crippen molar-refractivity contribution < 1.29 is 4.74 Å². The summed E-state index contributed by atoms with van der Waals surface area (Å²) >= 11 is 1.71. The molecule has 1 aliphatic heterocycles. The average molecular weight is 357 g/mol. The lowest BCUT2D eigenvalue weighted by molar-refractivity contribution is 0.419. The highest BCUT2D eigenvalue weighted by molar-refractivity contribution is 7.22. The molecular weight excluding hydrogens is 338 g/mol. The number of piperazine rings is 1. The molecule has 0 radical (unpaired) electrons. The fraction of sp³-hybridized carbons (Fsp3) is 0.353. The minimum Gasteiger partial charge on any atom is -0.494 e. The van der Waals surface area contributed by atoms with E-state index in [1.54, 1.807) is 24.5 Å². The highest BCUT2D eigenvalue weighted by Crippen LogP contribution is 2.36. The Bertz CT molecular complexity index is 959. The maximum atomic E-state index is 11.5. The first-order valence-electron chi connectivity index (χ1n) is 8.14. The molecule has 130 valence electrons. The fourth-order valence-corrected chi connectivity index (χ4v) is 4.16. The van der Waals surface area contributed by atoms with Gasteiger partial charge >= 0.3 is 0 Å². The van der Waals surface area contributed by atoms with Gasteiger partial charge in [0, 0.05) is 32.2 Å². The third-order valence-electron chi connectivity index (χ3n) is 4.45. The molecule has 0 amide bonds. The van der Waals surface area contributed by atoms with Crippen LogP contribution >= 0.6 is 11.3 Å². The first kappa shape index (κ1) is 15.9. The maximum absolute atomic E-state index is 11.5. The standard InChI is InChI=1S/C17H19N5O2S/c1-11-3-4-12(24-2)15-16(11)25-17(20-15)22-7-5-21(6-8-22)13-9-14(23)19-10-18-13/h3-4,9-10H,5-8H2,1-2H3,(H,18,19,23). The summed E-state index contributed by atoms with van der Waals surface area (Å²) in [6.45, 7) is 5.40. The van der Waals surface area contributed by atoms with Gasteiger partial charge in [0.1, 0.15) is 17.1 Å². The number of hydrogen-bond donors (Lipinski definition) is 1. The van der Waals surface area contributed by atoms with Crippen LogP contribution in [0.25, 0.3) is 10.2 Å². The summed E-state index contributed by atoms with van der Waals surface area (Å²) in [6.07, 6.45) is 1.45. The molecule has 0 bridgehead atoms. The van der Waals surface area contributed by atoms with Crippen LogP contribution < -0.4 is 20.1 Å². The van der Waals surface area contributed by atoms with Crippen molar-refractivity contribution in [1.29, 1.82) is 0 Å². The van der Waals surface area contributed by atoms with E-state index in [4.69, 9.17) is 9.72 Å². The summed E-state index contributed by atoms with van der Waals surface area (Å²) < 4.78 is 6.62. The lowest BCUT2D eigenvalue weighted by atomic mass is 10.2. The number of benzene rings is 1. The van der Waals surface area contributed by atoms with Crippen molar-refractivity contribution in [2.75, 3.05) is 43.1 Å². The second-order valence-corrected chi connectivity index (χ2v) is 6.98. The Morgan fingerprint density at radius 2 is 1.96 bits per heavy atom. The van der Waals surface area contributed by atoms with Crippen molar-refractivity contribution in [3.05, 3.63) is 40.4 Å². The maximum Gasteiger partial charge on any atom is 0.252 e. The number of methoxy groups -OCH3 is 1. The number of aryl methyl sites for hydroxylation is 1. The molecule has 1 aliphatic rings. The minimum atomic E-state index is -0.124. The van der Waals surface area contributed by atoms with Crippen molar-refractivity contribution >= 4 is 32.5 Å². The number of nitrogens with one attached hydrogen (secondary N) is 1. The van der Waals surface area contributed by atoms with E-state index >= 15 is 0 Å². The molecule has 8 heteroatoms. The molecule has 25 heavy (non-hydrogen) atoms. The molecule has 7 nitrogen and oxygen atoms in total. The molecule has 0 saturated carbocycles. The van der Waals surface area contributed by atoms with Crippen molar-refractivity contribution in [1.82, 2.24) is 15.0 Å². The molecule has 2 aromatic heterocycles. The van der Waals surface area contributed by atoms with Gasteiger partial charge in [-0.1, -0.05) is 17.4 Å². The van der Waals surface area contributed by atoms with Crippen molar-refractivity contribution in [3.63, 3.8) is 0 Å². The molecule has 1 fully saturated rings. The average Bonchev–Trinajstić information content (AvgIpc) is 3.09. The van der Waals surface area contributed by atoms with Crippen molar-refractivity contribution in [2.45, 2.75) is 6.92 Å². The number of anilines is 2. The van der Waals surface area contributed by atoms with Gasteiger partial charge in [-0.3, -0.25) is 4.79 Å². The van der Waals surface area contributed by atoms with Gasteiger partial charge < -0.3 is 19.5 Å². The van der Waals surface area contributed by atoms with E-state index in [2.05, 4.69) is 32.8 Å². The van der Waals surface area contributed by atoms with Gasteiger partial charge in [0.2, 0.25) is 0 Å². The highest BCUT2D eigenvalue weighted by Gasteiger charge is 2.22. The second-order valence-electron chi connectivity index (χ2n) is 6.00. The molecule has 4 rings (SSSR count). The third kappa shape index (κ3) is 2.93. The Kier molecular flexibility index (Phi) is 4.04. The number of nitrogens with zero attached hydrogens (tertiary/aromatic N) is 4. The molecule has 3 aromatic rings. The van der Waals surface area contributed by atoms with Gasteiger partial charge in [-0.05, 0) is 18.6 Å². The summed E-state index contributed by atoms with van der Waals surface area (Å²) in [7, 11) is 1.68. The second kappa shape index (κ2) is 6.36. The van der Waals surface area contributed by atoms with Crippen LogP contribution in [0.15, 0.2) is 29.3 Å². The molecule has 0 unspecified atom stereocenters. The first-order valence-corrected chi connectivity index (χ1v) is 8.96. The monoisotopic (exact) mass is 357 g/mol. The molecule has 3 heterocycles. The SMILES string of the molecule is COc1ccc(C)c2sc(N3CCN(c4cc(=O)[nH]cn4)CC3)nc12. The Morgan fingerprint density at radius 3 is 2.68 bits per heavy atom. The van der Waals surface area contributed by atoms with Gasteiger partial charge in [-0.25, -0.2) is 9.97 Å². The van der Waals surface area contributed by atoms with Crippen molar-refractivity contribution in [3.8, 4) is 5.75 Å². The fourth-order valence-electron chi connectivity index (χ4n) is 3.06. The molecule has 0 spiro atoms. The molecule has 1 N–H and O–H groups in total. The lowest BCUT2D eigenvalue weighted by Crippen LogP contribution is -2.47. The molecule has 0 atom stereocenters. The van der Waals surface area contributed by atoms with Gasteiger partial charge in [0.25, 0.3) is 5.56 Å². The van der Waals surface area contributed by atoms with Gasteiger partial charge in [-0.2, -0.15) is 0 Å². The number of thiazole rings is 1. The number of rotatable bonds is 3. The van der Waals surface area contributed by atoms with E-state index in [0.29, 0.717) is 0 Å². The summed E-state index contributed by atoms with van der Waals surface area (Å²) in [5, 5.41) is 1.01. The number of H-pyrrole nitrogens is 1. The van der Waals surface area contributed by atoms with E-state index in [1.165, 1.54) is 16.6 Å². The number of fused-ring (bicyclic) bond motifs is 1. The normalized spacial score (nSPS) is 15.0. The molecule has 1 saturated heterocycles. The third-order valence-corrected chi connectivity index (χ3v) is 5.70. The predicted octanol–water partition coefficient (Wildman–Crippen LogP) is 2.02. The van der Waals surface area contributed by atoms with E-state index in [0.717, 1.165) is 48.4 Å². The number of aromatic nitrogens is 3. The lowest BCUT2D eigenvalue weighted by Gasteiger charge is -2.35. The molecular formula is C17H19N5O2S. The van der Waals surface area contributed by atoms with E-state index in [9.17, 15) is 4.79 Å². The Balaban J connectivity index is 1.55. The number of ether oxygens (including phenoxy) is 1. The predicted molar refractivity (Wildman–Crippen MR) is 100 cm³/mol. The van der Waals surface area contributed by atoms with Gasteiger partial charge in [0.05, 0.1) is 18.1 Å². The Morgan fingerprint density at radius 1 is 1.20 bits per heavy atom. The van der Waals surface area contributed by atoms with Crippen LogP contribution in [0.5, 0.6) is 5.75 Å². The largest absolute Gasteiger partial charge is 0.494 e. The summed E-state index contributed by atoms with van der Waals surface area (Å²) in [5.74, 6) is 1.54. The van der Waals surface area contributed by atoms with Crippen LogP contribution in [-0.4, -0.2) is 48.2 Å². The van der Waals surface area contributed by atoms with E-state index in [1.807, 2.05) is 6.07 Å². The summed E-state index contributed by atoms with van der Waals surface area (Å²) in [5.41, 5.74) is 2.02. The van der Waals surface area contributed by atoms with Gasteiger partial charge in [-0.15, -0.1) is 0 Å². The Hall–Kier alpha value is -2.61. The number of hydrogen-bond acceptors (Lipinski definition) is 7. The van der Waals surface area contributed by atoms with Crippen LogP contribution in [0, 0.1) is 6.92 Å². The molecule has 0 aliphatic carbocycles. The zero-order valence-electron chi connectivity index (χ0n) is 14.2. The quantitative estimate of drug-likeness (QED) is 0.773. The van der Waals surface area contributed by atoms with E-state index < -0.39 is 0 Å². The Labute approximate surface area is 148 Å². The topological polar surface area (TPSA) is 74.3 Å². The van der Waals surface area contributed by atoms with Crippen LogP contribution in [0.1, 0.15) is 5.56 Å².